The lowest BCUT2D eigenvalue weighted by molar-refractivity contribution is 0.0719. The molecule has 6 heteroatoms. The van der Waals surface area contributed by atoms with Crippen LogP contribution in [0.3, 0.4) is 0 Å². The summed E-state index contributed by atoms with van der Waals surface area (Å²) in [6, 6.07) is 7.78. The highest BCUT2D eigenvalue weighted by atomic mass is 32.2. The molecule has 1 aliphatic heterocycles. The molecule has 0 unspecified atom stereocenters. The van der Waals surface area contributed by atoms with Gasteiger partial charge in [-0.1, -0.05) is 12.2 Å². The van der Waals surface area contributed by atoms with Crippen LogP contribution < -0.4 is 5.73 Å². The van der Waals surface area contributed by atoms with Crippen LogP contribution in [0.25, 0.3) is 0 Å². The Morgan fingerprint density at radius 1 is 1.24 bits per heavy atom. The van der Waals surface area contributed by atoms with E-state index >= 15 is 0 Å². The van der Waals surface area contributed by atoms with Gasteiger partial charge in [0.1, 0.15) is 0 Å². The zero-order valence-electron chi connectivity index (χ0n) is 12.3. The molecule has 0 aromatic heterocycles. The van der Waals surface area contributed by atoms with Gasteiger partial charge in [0.2, 0.25) is 0 Å². The van der Waals surface area contributed by atoms with Crippen molar-refractivity contribution in [2.45, 2.75) is 22.5 Å². The molecule has 0 atom stereocenters. The molecule has 1 amide bonds. The predicted molar refractivity (Wildman–Crippen MR) is 96.4 cm³/mol. The molecule has 1 aromatic rings. The number of hydrogen-bond acceptors (Lipinski definition) is 4. The first-order chi connectivity index (χ1) is 10.0. The van der Waals surface area contributed by atoms with Crippen molar-refractivity contribution in [2.75, 3.05) is 25.6 Å². The molecule has 0 aliphatic carbocycles. The molecule has 0 spiro atoms. The lowest BCUT2D eigenvalue weighted by Gasteiger charge is -2.40. The number of carbonyl (C=O) groups excluding carboxylic acids is 1. The monoisotopic (exact) mass is 340 g/mol. The minimum Gasteiger partial charge on any atom is -0.392 e. The lowest BCUT2D eigenvalue weighted by Crippen LogP contribution is -2.50. The number of thioether (sulfide) groups is 2. The van der Waals surface area contributed by atoms with Gasteiger partial charge in [0.15, 0.2) is 0 Å². The second-order valence-corrected chi connectivity index (χ2v) is 7.59. The molecule has 0 bridgehead atoms. The number of benzene rings is 1. The number of hydrogen-bond donors (Lipinski definition) is 1. The zero-order valence-corrected chi connectivity index (χ0v) is 14.7. The van der Waals surface area contributed by atoms with E-state index in [4.69, 9.17) is 18.0 Å². The van der Waals surface area contributed by atoms with E-state index in [1.165, 1.54) is 4.90 Å². The van der Waals surface area contributed by atoms with Crippen molar-refractivity contribution in [1.82, 2.24) is 4.90 Å². The largest absolute Gasteiger partial charge is 0.392 e. The molecule has 1 saturated heterocycles. The Labute approximate surface area is 140 Å². The highest BCUT2D eigenvalue weighted by Crippen LogP contribution is 2.35. The van der Waals surface area contributed by atoms with Crippen LogP contribution >= 0.6 is 35.7 Å². The first kappa shape index (κ1) is 16.6. The maximum atomic E-state index is 12.5. The average Bonchev–Trinajstić information content (AvgIpc) is 2.54. The summed E-state index contributed by atoms with van der Waals surface area (Å²) in [6.45, 7) is 1.42. The molecule has 1 aliphatic rings. The van der Waals surface area contributed by atoms with Gasteiger partial charge < -0.3 is 10.6 Å². The van der Waals surface area contributed by atoms with E-state index in [0.717, 1.165) is 18.4 Å². The lowest BCUT2D eigenvalue weighted by atomic mass is 9.95. The van der Waals surface area contributed by atoms with Crippen molar-refractivity contribution in [2.24, 2.45) is 5.73 Å². The van der Waals surface area contributed by atoms with Crippen molar-refractivity contribution >= 4 is 46.6 Å². The quantitative estimate of drug-likeness (QED) is 0.674. The predicted octanol–water partition coefficient (Wildman–Crippen LogP) is 3.03. The van der Waals surface area contributed by atoms with Crippen LogP contribution in [-0.2, 0) is 0 Å². The van der Waals surface area contributed by atoms with Crippen molar-refractivity contribution in [3.05, 3.63) is 29.8 Å². The number of rotatable bonds is 4. The number of thiocarbonyl (C=S) groups is 1. The minimum absolute atomic E-state index is 0.0975. The Bertz CT molecular complexity index is 522. The van der Waals surface area contributed by atoms with Crippen LogP contribution in [0.1, 0.15) is 23.2 Å². The van der Waals surface area contributed by atoms with E-state index < -0.39 is 0 Å². The Hall–Kier alpha value is -0.720. The van der Waals surface area contributed by atoms with Gasteiger partial charge in [-0.2, -0.15) is 11.8 Å². The fraction of sp³-hybridized carbons (Fsp3) is 0.467. The van der Waals surface area contributed by atoms with Crippen LogP contribution in [0.5, 0.6) is 0 Å². The molecule has 114 valence electrons. The van der Waals surface area contributed by atoms with E-state index in [-0.39, 0.29) is 10.7 Å². The number of piperidine rings is 1. The topological polar surface area (TPSA) is 46.3 Å². The first-order valence-corrected chi connectivity index (χ1v) is 9.66. The molecule has 21 heavy (non-hydrogen) atoms. The SMILES string of the molecule is CSc1ccc(C(=O)N2CCC(SC)(C(N)=S)CC2)cc1. The number of likely N-dealkylation sites (tertiary alicyclic amines) is 1. The maximum Gasteiger partial charge on any atom is 0.253 e. The van der Waals surface area contributed by atoms with Gasteiger partial charge in [0.05, 0.1) is 9.74 Å². The fourth-order valence-electron chi connectivity index (χ4n) is 2.54. The third kappa shape index (κ3) is 3.55. The van der Waals surface area contributed by atoms with Crippen molar-refractivity contribution in [3.8, 4) is 0 Å². The van der Waals surface area contributed by atoms with Crippen LogP contribution in [-0.4, -0.2) is 46.1 Å². The minimum atomic E-state index is -0.144. The third-order valence-electron chi connectivity index (χ3n) is 4.04. The highest BCUT2D eigenvalue weighted by molar-refractivity contribution is 8.02. The van der Waals surface area contributed by atoms with Gasteiger partial charge in [-0.25, -0.2) is 0 Å². The van der Waals surface area contributed by atoms with Crippen LogP contribution in [0.15, 0.2) is 29.2 Å². The van der Waals surface area contributed by atoms with Crippen molar-refractivity contribution in [3.63, 3.8) is 0 Å². The van der Waals surface area contributed by atoms with E-state index in [9.17, 15) is 4.79 Å². The molecule has 2 N–H and O–H groups in total. The smallest absolute Gasteiger partial charge is 0.253 e. The van der Waals surface area contributed by atoms with Gasteiger partial charge in [0.25, 0.3) is 5.91 Å². The molecule has 3 nitrogen and oxygen atoms in total. The summed E-state index contributed by atoms with van der Waals surface area (Å²) in [5.74, 6) is 0.0975. The van der Waals surface area contributed by atoms with Gasteiger partial charge in [0, 0.05) is 23.5 Å². The fourth-order valence-corrected chi connectivity index (χ4v) is 4.19. The summed E-state index contributed by atoms with van der Waals surface area (Å²) in [4.78, 5) is 16.1. The Balaban J connectivity index is 2.04. The second-order valence-electron chi connectivity index (χ2n) is 5.08. The molecule has 2 rings (SSSR count). The van der Waals surface area contributed by atoms with E-state index in [1.807, 2.05) is 41.7 Å². The molecule has 1 fully saturated rings. The Morgan fingerprint density at radius 3 is 2.24 bits per heavy atom. The average molecular weight is 341 g/mol. The van der Waals surface area contributed by atoms with E-state index in [2.05, 4.69) is 0 Å². The molecule has 1 heterocycles. The maximum absolute atomic E-state index is 12.5. The number of carbonyl (C=O) groups is 1. The summed E-state index contributed by atoms with van der Waals surface area (Å²) in [5.41, 5.74) is 6.63. The summed E-state index contributed by atoms with van der Waals surface area (Å²) < 4.78 is -0.144. The van der Waals surface area contributed by atoms with Gasteiger partial charge >= 0.3 is 0 Å². The summed E-state index contributed by atoms with van der Waals surface area (Å²) in [7, 11) is 0. The Kier molecular flexibility index (Phi) is 5.57. The van der Waals surface area contributed by atoms with E-state index in [0.29, 0.717) is 18.1 Å². The molecule has 1 aromatic carbocycles. The summed E-state index contributed by atoms with van der Waals surface area (Å²) in [5, 5.41) is 0. The van der Waals surface area contributed by atoms with Crippen molar-refractivity contribution < 1.29 is 4.79 Å². The molecule has 0 radical (unpaired) electrons. The number of nitrogens with two attached hydrogens (primary N) is 1. The molecule has 0 saturated carbocycles. The molecular formula is C15H20N2OS3. The summed E-state index contributed by atoms with van der Waals surface area (Å²) >= 11 is 8.59. The van der Waals surface area contributed by atoms with Gasteiger partial charge in [-0.15, -0.1) is 11.8 Å². The third-order valence-corrected chi connectivity index (χ3v) is 6.71. The first-order valence-electron chi connectivity index (χ1n) is 6.81. The van der Waals surface area contributed by atoms with Crippen molar-refractivity contribution in [1.29, 1.82) is 0 Å². The summed E-state index contributed by atoms with van der Waals surface area (Å²) in [6.07, 6.45) is 5.73. The van der Waals surface area contributed by atoms with E-state index in [1.54, 1.807) is 23.5 Å². The van der Waals surface area contributed by atoms with Crippen LogP contribution in [0.2, 0.25) is 0 Å². The number of nitrogens with zero attached hydrogens (tertiary/aromatic N) is 1. The zero-order chi connectivity index (χ0) is 15.5. The van der Waals surface area contributed by atoms with Gasteiger partial charge in [-0.3, -0.25) is 4.79 Å². The molecular weight excluding hydrogens is 320 g/mol. The van der Waals surface area contributed by atoms with Gasteiger partial charge in [-0.05, 0) is 49.6 Å². The van der Waals surface area contributed by atoms with Crippen LogP contribution in [0, 0.1) is 0 Å². The number of amides is 1. The Morgan fingerprint density at radius 2 is 1.81 bits per heavy atom. The normalized spacial score (nSPS) is 17.5. The highest BCUT2D eigenvalue weighted by Gasteiger charge is 2.37. The second kappa shape index (κ2) is 7.03. The standard InChI is InChI=1S/C15H20N2OS3/c1-20-12-5-3-11(4-6-12)13(18)17-9-7-15(21-2,8-10-17)14(16)19/h3-6H,7-10H2,1-2H3,(H2,16,19). The van der Waals surface area contributed by atoms with Crippen LogP contribution in [0.4, 0.5) is 0 Å².